The first-order chi connectivity index (χ1) is 6.94. The van der Waals surface area contributed by atoms with E-state index in [-0.39, 0.29) is 0 Å². The Morgan fingerprint density at radius 3 is 2.80 bits per heavy atom. The summed E-state index contributed by atoms with van der Waals surface area (Å²) in [4.78, 5) is 0.844. The average Bonchev–Trinajstić information content (AvgIpc) is 2.20. The van der Waals surface area contributed by atoms with Crippen molar-refractivity contribution in [1.29, 1.82) is 5.26 Å². The zero-order valence-electron chi connectivity index (χ0n) is 8.13. The van der Waals surface area contributed by atoms with Gasteiger partial charge in [-0.2, -0.15) is 5.26 Å². The highest BCUT2D eigenvalue weighted by atomic mass is 35.5. The molecule has 0 fully saturated rings. The van der Waals surface area contributed by atoms with Crippen molar-refractivity contribution >= 4 is 35.0 Å². The van der Waals surface area contributed by atoms with Gasteiger partial charge >= 0.3 is 0 Å². The summed E-state index contributed by atoms with van der Waals surface area (Å²) < 4.78 is 0. The van der Waals surface area contributed by atoms with E-state index in [0.717, 1.165) is 4.90 Å². The maximum atomic E-state index is 8.75. The van der Waals surface area contributed by atoms with Gasteiger partial charge in [0.05, 0.1) is 11.1 Å². The molecule has 0 aliphatic rings. The number of hydrogen-bond donors (Lipinski definition) is 1. The first-order valence-electron chi connectivity index (χ1n) is 4.22. The second-order valence-electron chi connectivity index (χ2n) is 3.39. The molecule has 1 unspecified atom stereocenters. The van der Waals surface area contributed by atoms with Gasteiger partial charge in [-0.15, -0.1) is 11.8 Å². The Kier molecular flexibility index (Phi) is 4.30. The summed E-state index contributed by atoms with van der Waals surface area (Å²) >= 11 is 13.2. The van der Waals surface area contributed by atoms with Crippen LogP contribution in [0, 0.1) is 11.3 Å². The summed E-state index contributed by atoms with van der Waals surface area (Å²) in [5.41, 5.74) is 4.84. The van der Waals surface area contributed by atoms with Crippen LogP contribution in [0.1, 0.15) is 6.92 Å². The highest BCUT2D eigenvalue weighted by Crippen LogP contribution is 2.31. The summed E-state index contributed by atoms with van der Waals surface area (Å²) in [7, 11) is 0. The molecule has 1 rings (SSSR count). The number of thioether (sulfide) groups is 1. The summed E-state index contributed by atoms with van der Waals surface area (Å²) in [5.74, 6) is 0.476. The molecule has 15 heavy (non-hydrogen) atoms. The molecule has 1 aromatic carbocycles. The van der Waals surface area contributed by atoms with Crippen LogP contribution < -0.4 is 5.73 Å². The van der Waals surface area contributed by atoms with Crippen molar-refractivity contribution in [3.05, 3.63) is 28.2 Å². The van der Waals surface area contributed by atoms with E-state index < -0.39 is 5.54 Å². The van der Waals surface area contributed by atoms with Crippen molar-refractivity contribution in [3.63, 3.8) is 0 Å². The van der Waals surface area contributed by atoms with E-state index in [1.54, 1.807) is 25.1 Å². The smallest absolute Gasteiger partial charge is 0.110 e. The highest BCUT2D eigenvalue weighted by molar-refractivity contribution is 7.99. The van der Waals surface area contributed by atoms with Crippen molar-refractivity contribution in [2.75, 3.05) is 5.75 Å². The van der Waals surface area contributed by atoms with Crippen molar-refractivity contribution in [2.24, 2.45) is 5.73 Å². The Morgan fingerprint density at radius 1 is 1.53 bits per heavy atom. The molecule has 2 nitrogen and oxygen atoms in total. The maximum Gasteiger partial charge on any atom is 0.110 e. The molecular formula is C10H10Cl2N2S. The molecule has 80 valence electrons. The minimum atomic E-state index is -0.851. The van der Waals surface area contributed by atoms with Gasteiger partial charge in [-0.25, -0.2) is 0 Å². The molecule has 1 aromatic rings. The number of hydrogen-bond acceptors (Lipinski definition) is 3. The highest BCUT2D eigenvalue weighted by Gasteiger charge is 2.18. The Bertz CT molecular complexity index is 399. The molecule has 1 atom stereocenters. The summed E-state index contributed by atoms with van der Waals surface area (Å²) in [5, 5.41) is 9.99. The Morgan fingerprint density at radius 2 is 2.20 bits per heavy atom. The van der Waals surface area contributed by atoms with Crippen LogP contribution in [0.25, 0.3) is 0 Å². The van der Waals surface area contributed by atoms with Crippen molar-refractivity contribution in [1.82, 2.24) is 0 Å². The van der Waals surface area contributed by atoms with Gasteiger partial charge in [-0.1, -0.05) is 23.2 Å². The molecule has 2 N–H and O–H groups in total. The van der Waals surface area contributed by atoms with Crippen LogP contribution in [0.15, 0.2) is 23.1 Å². The fraction of sp³-hybridized carbons (Fsp3) is 0.300. The van der Waals surface area contributed by atoms with Gasteiger partial charge in [0.1, 0.15) is 5.54 Å². The van der Waals surface area contributed by atoms with Crippen molar-refractivity contribution in [3.8, 4) is 6.07 Å². The van der Waals surface area contributed by atoms with E-state index in [9.17, 15) is 0 Å². The fourth-order valence-corrected chi connectivity index (χ4v) is 2.30. The quantitative estimate of drug-likeness (QED) is 0.849. The van der Waals surface area contributed by atoms with E-state index >= 15 is 0 Å². The molecule has 0 saturated carbocycles. The Labute approximate surface area is 103 Å². The van der Waals surface area contributed by atoms with E-state index in [1.807, 2.05) is 6.07 Å². The topological polar surface area (TPSA) is 49.8 Å². The standard InChI is InChI=1S/C10H10Cl2N2S/c1-10(14,5-13)6-15-9-4-7(11)2-3-8(9)12/h2-4H,6,14H2,1H3. The average molecular weight is 261 g/mol. The third-order valence-electron chi connectivity index (χ3n) is 1.68. The number of halogens is 2. The number of rotatable bonds is 3. The molecule has 0 radical (unpaired) electrons. The molecule has 0 aliphatic carbocycles. The second kappa shape index (κ2) is 5.09. The van der Waals surface area contributed by atoms with Gasteiger partial charge in [-0.3, -0.25) is 0 Å². The lowest BCUT2D eigenvalue weighted by atomic mass is 10.1. The molecule has 0 amide bonds. The van der Waals surface area contributed by atoms with Gasteiger partial charge in [-0.05, 0) is 25.1 Å². The van der Waals surface area contributed by atoms with E-state index in [4.69, 9.17) is 34.2 Å². The lowest BCUT2D eigenvalue weighted by molar-refractivity contribution is 0.682. The van der Waals surface area contributed by atoms with Crippen LogP contribution in [-0.4, -0.2) is 11.3 Å². The van der Waals surface area contributed by atoms with Gasteiger partial charge in [0, 0.05) is 15.7 Å². The lowest BCUT2D eigenvalue weighted by Crippen LogP contribution is -2.36. The van der Waals surface area contributed by atoms with Crippen LogP contribution in [0.4, 0.5) is 0 Å². The van der Waals surface area contributed by atoms with Crippen LogP contribution in [0.5, 0.6) is 0 Å². The molecular weight excluding hydrogens is 251 g/mol. The minimum Gasteiger partial charge on any atom is -0.313 e. The number of nitriles is 1. The maximum absolute atomic E-state index is 8.75. The first-order valence-corrected chi connectivity index (χ1v) is 5.97. The largest absolute Gasteiger partial charge is 0.313 e. The van der Waals surface area contributed by atoms with E-state index in [0.29, 0.717) is 15.8 Å². The fourth-order valence-electron chi connectivity index (χ4n) is 0.848. The SMILES string of the molecule is CC(N)(C#N)CSc1cc(Cl)ccc1Cl. The van der Waals surface area contributed by atoms with Crippen LogP contribution in [0.2, 0.25) is 10.0 Å². The molecule has 0 aromatic heterocycles. The summed E-state index contributed by atoms with van der Waals surface area (Å²) in [6, 6.07) is 7.24. The lowest BCUT2D eigenvalue weighted by Gasteiger charge is -2.14. The number of benzene rings is 1. The van der Waals surface area contributed by atoms with Crippen molar-refractivity contribution in [2.45, 2.75) is 17.4 Å². The molecule has 0 saturated heterocycles. The summed E-state index contributed by atoms with van der Waals surface area (Å²) in [6.45, 7) is 1.68. The molecule has 0 heterocycles. The molecule has 0 spiro atoms. The van der Waals surface area contributed by atoms with E-state index in [1.165, 1.54) is 11.8 Å². The van der Waals surface area contributed by atoms with Crippen molar-refractivity contribution < 1.29 is 0 Å². The van der Waals surface area contributed by atoms with Crippen LogP contribution in [0.3, 0.4) is 0 Å². The third-order valence-corrected chi connectivity index (χ3v) is 3.75. The van der Waals surface area contributed by atoms with Gasteiger partial charge in [0.25, 0.3) is 0 Å². The Balaban J connectivity index is 2.74. The monoisotopic (exact) mass is 260 g/mol. The predicted octanol–water partition coefficient (Wildman–Crippen LogP) is 3.33. The predicted molar refractivity (Wildman–Crippen MR) is 65.4 cm³/mol. The Hall–Kier alpha value is -0.400. The third kappa shape index (κ3) is 3.92. The number of nitrogens with two attached hydrogens (primary N) is 1. The minimum absolute atomic E-state index is 0.476. The molecule has 5 heteroatoms. The van der Waals surface area contributed by atoms with Crippen LogP contribution >= 0.6 is 35.0 Å². The zero-order valence-corrected chi connectivity index (χ0v) is 10.5. The second-order valence-corrected chi connectivity index (χ2v) is 5.25. The normalized spacial score (nSPS) is 14.3. The first kappa shape index (κ1) is 12.7. The van der Waals surface area contributed by atoms with Gasteiger partial charge in [0.15, 0.2) is 0 Å². The number of nitrogens with zero attached hydrogens (tertiary/aromatic N) is 1. The van der Waals surface area contributed by atoms with Gasteiger partial charge in [0.2, 0.25) is 0 Å². The van der Waals surface area contributed by atoms with Gasteiger partial charge < -0.3 is 5.73 Å². The summed E-state index contributed by atoms with van der Waals surface area (Å²) in [6.07, 6.45) is 0. The zero-order chi connectivity index (χ0) is 11.5. The van der Waals surface area contributed by atoms with Crippen LogP contribution in [-0.2, 0) is 0 Å². The molecule has 0 bridgehead atoms. The molecule has 0 aliphatic heterocycles. The van der Waals surface area contributed by atoms with E-state index in [2.05, 4.69) is 0 Å².